The molecule has 1 amide bonds. The number of nitrogens with zero attached hydrogens (tertiary/aromatic N) is 2. The van der Waals surface area contributed by atoms with Crippen molar-refractivity contribution >= 4 is 27.5 Å². The smallest absolute Gasteiger partial charge is 0.262 e. The summed E-state index contributed by atoms with van der Waals surface area (Å²) < 4.78 is 14.9. The topological polar surface area (TPSA) is 64.0 Å². The minimum absolute atomic E-state index is 0.117. The van der Waals surface area contributed by atoms with Gasteiger partial charge < -0.3 is 5.32 Å². The number of fused-ring (bicyclic) bond motifs is 1. The predicted octanol–water partition coefficient (Wildman–Crippen LogP) is 4.41. The lowest BCUT2D eigenvalue weighted by molar-refractivity contribution is 0.0937. The van der Waals surface area contributed by atoms with Crippen LogP contribution in [0, 0.1) is 12.7 Å². The number of aromatic nitrogens is 2. The van der Waals surface area contributed by atoms with Crippen molar-refractivity contribution in [3.63, 3.8) is 0 Å². The Morgan fingerprint density at radius 2 is 2.03 bits per heavy atom. The van der Waals surface area contributed by atoms with E-state index in [9.17, 15) is 14.0 Å². The highest BCUT2D eigenvalue weighted by Gasteiger charge is 2.22. The summed E-state index contributed by atoms with van der Waals surface area (Å²) in [4.78, 5) is 31.4. The molecule has 0 bridgehead atoms. The molecule has 152 valence electrons. The number of amides is 1. The van der Waals surface area contributed by atoms with Gasteiger partial charge in [-0.3, -0.25) is 14.2 Å². The lowest BCUT2D eigenvalue weighted by Gasteiger charge is -2.15. The molecule has 0 atom stereocenters. The van der Waals surface area contributed by atoms with Gasteiger partial charge in [0, 0.05) is 6.04 Å². The van der Waals surface area contributed by atoms with E-state index in [1.54, 1.807) is 19.1 Å². The molecule has 29 heavy (non-hydrogen) atoms. The van der Waals surface area contributed by atoms with Gasteiger partial charge in [0.2, 0.25) is 0 Å². The first-order valence-corrected chi connectivity index (χ1v) is 10.9. The monoisotopic (exact) mass is 413 g/mol. The van der Waals surface area contributed by atoms with E-state index in [1.165, 1.54) is 47.2 Å². The van der Waals surface area contributed by atoms with Gasteiger partial charge in [-0.2, -0.15) is 0 Å². The minimum Gasteiger partial charge on any atom is -0.349 e. The van der Waals surface area contributed by atoms with E-state index < -0.39 is 0 Å². The number of hydrogen-bond donors (Lipinski definition) is 1. The summed E-state index contributed by atoms with van der Waals surface area (Å²) in [5, 5.41) is 3.62. The van der Waals surface area contributed by atoms with Gasteiger partial charge in [-0.15, -0.1) is 11.3 Å². The highest BCUT2D eigenvalue weighted by Crippen LogP contribution is 2.27. The van der Waals surface area contributed by atoms with Crippen molar-refractivity contribution in [1.82, 2.24) is 14.9 Å². The van der Waals surface area contributed by atoms with Crippen LogP contribution in [0.3, 0.4) is 0 Å². The molecular weight excluding hydrogens is 389 g/mol. The van der Waals surface area contributed by atoms with Crippen LogP contribution in [-0.4, -0.2) is 21.5 Å². The quantitative estimate of drug-likeness (QED) is 0.645. The summed E-state index contributed by atoms with van der Waals surface area (Å²) in [6, 6.07) is 6.37. The summed E-state index contributed by atoms with van der Waals surface area (Å²) in [5.74, 6) is -0.456. The molecule has 1 aliphatic carbocycles. The van der Waals surface area contributed by atoms with E-state index in [0.29, 0.717) is 26.2 Å². The van der Waals surface area contributed by atoms with Crippen LogP contribution < -0.4 is 10.9 Å². The van der Waals surface area contributed by atoms with Crippen LogP contribution in [0.4, 0.5) is 4.39 Å². The second kappa shape index (κ2) is 8.45. The lowest BCUT2D eigenvalue weighted by Crippen LogP contribution is -2.34. The first-order chi connectivity index (χ1) is 14.0. The Bertz CT molecular complexity index is 1100. The first kappa shape index (κ1) is 19.8. The molecule has 1 saturated carbocycles. The molecular formula is C22H24FN3O2S. The van der Waals surface area contributed by atoms with E-state index in [0.717, 1.165) is 25.7 Å². The molecule has 0 unspecified atom stereocenters. The molecule has 1 fully saturated rings. The normalized spacial score (nSPS) is 15.4. The number of nitrogens with one attached hydrogen (secondary N) is 1. The van der Waals surface area contributed by atoms with E-state index in [-0.39, 0.29) is 29.9 Å². The zero-order valence-electron chi connectivity index (χ0n) is 16.4. The van der Waals surface area contributed by atoms with Crippen molar-refractivity contribution in [1.29, 1.82) is 0 Å². The molecule has 3 aromatic rings. The van der Waals surface area contributed by atoms with Gasteiger partial charge in [0.1, 0.15) is 10.6 Å². The van der Waals surface area contributed by atoms with Crippen LogP contribution >= 0.6 is 11.3 Å². The third-order valence-corrected chi connectivity index (χ3v) is 6.75. The molecule has 4 rings (SSSR count). The van der Waals surface area contributed by atoms with Gasteiger partial charge in [0.05, 0.1) is 23.1 Å². The Morgan fingerprint density at radius 1 is 1.28 bits per heavy atom. The minimum atomic E-state index is -0.339. The third-order valence-electron chi connectivity index (χ3n) is 5.56. The maximum Gasteiger partial charge on any atom is 0.262 e. The van der Waals surface area contributed by atoms with Crippen molar-refractivity contribution in [3.8, 4) is 0 Å². The average Bonchev–Trinajstić information content (AvgIpc) is 2.86. The Labute approximate surface area is 172 Å². The maximum absolute atomic E-state index is 13.5. The summed E-state index contributed by atoms with van der Waals surface area (Å²) in [6.45, 7) is 2.04. The fraction of sp³-hybridized carbons (Fsp3) is 0.409. The number of thiophene rings is 1. The zero-order chi connectivity index (χ0) is 20.4. The van der Waals surface area contributed by atoms with Gasteiger partial charge in [0.15, 0.2) is 0 Å². The molecule has 0 spiro atoms. The van der Waals surface area contributed by atoms with E-state index in [2.05, 4.69) is 10.3 Å². The Kier molecular flexibility index (Phi) is 5.76. The Hall–Kier alpha value is -2.54. The number of carbonyl (C=O) groups is 1. The highest BCUT2D eigenvalue weighted by atomic mass is 32.1. The van der Waals surface area contributed by atoms with Crippen LogP contribution in [0.5, 0.6) is 0 Å². The van der Waals surface area contributed by atoms with Crippen LogP contribution in [-0.2, 0) is 6.54 Å². The molecule has 2 aromatic heterocycles. The fourth-order valence-electron chi connectivity index (χ4n) is 4.00. The largest absolute Gasteiger partial charge is 0.349 e. The van der Waals surface area contributed by atoms with Crippen molar-refractivity contribution in [2.24, 2.45) is 0 Å². The molecule has 0 radical (unpaired) electrons. The number of hydrogen-bond acceptors (Lipinski definition) is 4. The third kappa shape index (κ3) is 4.24. The molecule has 7 heteroatoms. The first-order valence-electron chi connectivity index (χ1n) is 10.1. The highest BCUT2D eigenvalue weighted by molar-refractivity contribution is 7.20. The summed E-state index contributed by atoms with van der Waals surface area (Å²) >= 11 is 1.26. The van der Waals surface area contributed by atoms with Crippen molar-refractivity contribution in [3.05, 3.63) is 62.8 Å². The average molecular weight is 414 g/mol. The van der Waals surface area contributed by atoms with Gasteiger partial charge in [0.25, 0.3) is 11.5 Å². The molecule has 5 nitrogen and oxygen atoms in total. The number of carbonyl (C=O) groups excluding carboxylic acids is 1. The van der Waals surface area contributed by atoms with Gasteiger partial charge in [-0.1, -0.05) is 37.8 Å². The lowest BCUT2D eigenvalue weighted by atomic mass is 10.1. The zero-order valence-corrected chi connectivity index (χ0v) is 17.2. The summed E-state index contributed by atoms with van der Waals surface area (Å²) in [5.41, 5.74) is 1.15. The van der Waals surface area contributed by atoms with Crippen LogP contribution in [0.15, 0.2) is 35.4 Å². The SMILES string of the molecule is Cc1c(C(=O)NC2CCCCCC2)sc2ncn(Cc3cccc(F)c3)c(=O)c12. The maximum atomic E-state index is 13.5. The standard InChI is InChI=1S/C22H24FN3O2S/c1-14-18-21(29-19(14)20(27)25-17-9-4-2-3-5-10-17)24-13-26(22(18)28)12-15-7-6-8-16(23)11-15/h6-8,11,13,17H,2-5,9-10,12H2,1H3,(H,25,27). The number of benzene rings is 1. The van der Waals surface area contributed by atoms with Crippen LogP contribution in [0.2, 0.25) is 0 Å². The fourth-order valence-corrected chi connectivity index (χ4v) is 5.04. The van der Waals surface area contributed by atoms with E-state index >= 15 is 0 Å². The Morgan fingerprint density at radius 3 is 2.76 bits per heavy atom. The number of halogens is 1. The van der Waals surface area contributed by atoms with Crippen molar-refractivity contribution in [2.75, 3.05) is 0 Å². The summed E-state index contributed by atoms with van der Waals surface area (Å²) in [6.07, 6.45) is 8.22. The van der Waals surface area contributed by atoms with E-state index in [1.807, 2.05) is 0 Å². The van der Waals surface area contributed by atoms with Crippen LogP contribution in [0.1, 0.15) is 59.3 Å². The Balaban J connectivity index is 1.62. The van der Waals surface area contributed by atoms with Gasteiger partial charge >= 0.3 is 0 Å². The molecule has 0 saturated heterocycles. The number of aryl methyl sites for hydroxylation is 1. The van der Waals surface area contributed by atoms with Gasteiger partial charge in [-0.25, -0.2) is 9.37 Å². The molecule has 2 heterocycles. The van der Waals surface area contributed by atoms with Gasteiger partial charge in [-0.05, 0) is 43.0 Å². The second-order valence-electron chi connectivity index (χ2n) is 7.71. The van der Waals surface area contributed by atoms with Crippen molar-refractivity contribution < 1.29 is 9.18 Å². The predicted molar refractivity (Wildman–Crippen MR) is 113 cm³/mol. The molecule has 1 aromatic carbocycles. The summed E-state index contributed by atoms with van der Waals surface area (Å²) in [7, 11) is 0. The van der Waals surface area contributed by atoms with Crippen molar-refractivity contribution in [2.45, 2.75) is 58.0 Å². The second-order valence-corrected chi connectivity index (χ2v) is 8.70. The molecule has 0 aliphatic heterocycles. The number of rotatable bonds is 4. The molecule has 1 N–H and O–H groups in total. The molecule has 1 aliphatic rings. The van der Waals surface area contributed by atoms with E-state index in [4.69, 9.17) is 0 Å². The van der Waals surface area contributed by atoms with Crippen LogP contribution in [0.25, 0.3) is 10.2 Å².